The van der Waals surface area contributed by atoms with Gasteiger partial charge in [-0.15, -0.1) is 0 Å². The smallest absolute Gasteiger partial charge is 0.288 e. The molecular formula is C24H19N3O3. The van der Waals surface area contributed by atoms with Gasteiger partial charge in [-0.3, -0.25) is 20.4 Å². The van der Waals surface area contributed by atoms with Crippen LogP contribution in [-0.4, -0.2) is 23.4 Å². The van der Waals surface area contributed by atoms with Crippen molar-refractivity contribution in [3.8, 4) is 16.9 Å². The maximum atomic E-state index is 12.3. The molecule has 3 aromatic carbocycles. The summed E-state index contributed by atoms with van der Waals surface area (Å²) in [5, 5.41) is 0.934. The largest absolute Gasteiger partial charge is 0.483 e. The van der Waals surface area contributed by atoms with E-state index in [1.54, 1.807) is 12.1 Å². The first-order chi connectivity index (χ1) is 14.7. The van der Waals surface area contributed by atoms with Crippen molar-refractivity contribution in [3.05, 3.63) is 96.7 Å². The number of rotatable bonds is 5. The summed E-state index contributed by atoms with van der Waals surface area (Å²) >= 11 is 0. The number of aromatic nitrogens is 1. The highest BCUT2D eigenvalue weighted by atomic mass is 16.5. The molecule has 0 aliphatic heterocycles. The number of nitrogens with zero attached hydrogens (tertiary/aromatic N) is 1. The minimum Gasteiger partial charge on any atom is -0.483 e. The number of fused-ring (bicyclic) bond motifs is 1. The van der Waals surface area contributed by atoms with E-state index >= 15 is 0 Å². The van der Waals surface area contributed by atoms with E-state index in [-0.39, 0.29) is 12.3 Å². The van der Waals surface area contributed by atoms with E-state index in [0.717, 1.165) is 16.5 Å². The molecule has 2 N–H and O–H groups in total. The SMILES string of the molecule is O=C(COc1ccccc1-c1ccccc1)NNC(=O)c1ccc2ccccc2n1. The zero-order valence-electron chi connectivity index (χ0n) is 16.0. The summed E-state index contributed by atoms with van der Waals surface area (Å²) in [5.74, 6) is -0.396. The number of hydrogen-bond donors (Lipinski definition) is 2. The first-order valence-corrected chi connectivity index (χ1v) is 9.43. The predicted molar refractivity (Wildman–Crippen MR) is 115 cm³/mol. The van der Waals surface area contributed by atoms with Crippen molar-refractivity contribution >= 4 is 22.7 Å². The standard InChI is InChI=1S/C24H19N3O3/c28-23(16-30-22-13-7-5-11-19(22)17-8-2-1-3-9-17)26-27-24(29)21-15-14-18-10-4-6-12-20(18)25-21/h1-15H,16H2,(H,26,28)(H,27,29). The second-order valence-electron chi connectivity index (χ2n) is 6.54. The summed E-state index contributed by atoms with van der Waals surface area (Å²) in [7, 11) is 0. The second-order valence-corrected chi connectivity index (χ2v) is 6.54. The lowest BCUT2D eigenvalue weighted by atomic mass is 10.1. The number of amides is 2. The van der Waals surface area contributed by atoms with Gasteiger partial charge in [0.25, 0.3) is 11.8 Å². The Labute approximate surface area is 173 Å². The highest BCUT2D eigenvalue weighted by molar-refractivity contribution is 5.96. The Kier molecular flexibility index (Phi) is 5.66. The molecule has 30 heavy (non-hydrogen) atoms. The molecule has 0 saturated carbocycles. The molecule has 0 saturated heterocycles. The van der Waals surface area contributed by atoms with Crippen LogP contribution in [-0.2, 0) is 4.79 Å². The quantitative estimate of drug-likeness (QED) is 0.503. The molecule has 1 heterocycles. The van der Waals surface area contributed by atoms with E-state index in [9.17, 15) is 9.59 Å². The van der Waals surface area contributed by atoms with E-state index < -0.39 is 11.8 Å². The average molecular weight is 397 g/mol. The number of hydrogen-bond acceptors (Lipinski definition) is 4. The molecule has 6 heteroatoms. The Bertz CT molecular complexity index is 1190. The summed E-state index contributed by atoms with van der Waals surface area (Å²) in [6, 6.07) is 28.1. The second kappa shape index (κ2) is 8.87. The molecule has 6 nitrogen and oxygen atoms in total. The van der Waals surface area contributed by atoms with Crippen molar-refractivity contribution in [2.45, 2.75) is 0 Å². The van der Waals surface area contributed by atoms with Crippen molar-refractivity contribution in [1.82, 2.24) is 15.8 Å². The van der Waals surface area contributed by atoms with E-state index in [0.29, 0.717) is 11.3 Å². The van der Waals surface area contributed by atoms with Crippen molar-refractivity contribution in [3.63, 3.8) is 0 Å². The molecule has 2 amide bonds. The van der Waals surface area contributed by atoms with Crippen LogP contribution in [0.25, 0.3) is 22.0 Å². The highest BCUT2D eigenvalue weighted by Crippen LogP contribution is 2.29. The monoisotopic (exact) mass is 397 g/mol. The summed E-state index contributed by atoms with van der Waals surface area (Å²) < 4.78 is 5.67. The van der Waals surface area contributed by atoms with Gasteiger partial charge in [-0.1, -0.05) is 72.8 Å². The highest BCUT2D eigenvalue weighted by Gasteiger charge is 2.11. The molecule has 0 atom stereocenters. The Morgan fingerprint density at radius 3 is 2.37 bits per heavy atom. The molecule has 0 unspecified atom stereocenters. The molecule has 0 radical (unpaired) electrons. The van der Waals surface area contributed by atoms with Crippen LogP contribution >= 0.6 is 0 Å². The first kappa shape index (κ1) is 19.1. The van der Waals surface area contributed by atoms with Crippen molar-refractivity contribution in [1.29, 1.82) is 0 Å². The zero-order chi connectivity index (χ0) is 20.8. The van der Waals surface area contributed by atoms with Gasteiger partial charge in [-0.2, -0.15) is 0 Å². The molecule has 0 spiro atoms. The summed E-state index contributed by atoms with van der Waals surface area (Å²) in [6.45, 7) is -0.241. The maximum Gasteiger partial charge on any atom is 0.288 e. The Hall–Kier alpha value is -4.19. The third-order valence-corrected chi connectivity index (χ3v) is 4.48. The molecule has 0 aliphatic carbocycles. The van der Waals surface area contributed by atoms with Crippen LogP contribution in [0.3, 0.4) is 0 Å². The summed E-state index contributed by atoms with van der Waals surface area (Å²) in [6.07, 6.45) is 0. The van der Waals surface area contributed by atoms with Crippen LogP contribution in [0.15, 0.2) is 91.0 Å². The van der Waals surface area contributed by atoms with Gasteiger partial charge in [0.1, 0.15) is 11.4 Å². The number of nitrogens with one attached hydrogen (secondary N) is 2. The molecule has 4 rings (SSSR count). The fourth-order valence-electron chi connectivity index (χ4n) is 3.01. The van der Waals surface area contributed by atoms with E-state index in [4.69, 9.17) is 4.74 Å². The normalized spacial score (nSPS) is 10.4. The van der Waals surface area contributed by atoms with Gasteiger partial charge in [0.15, 0.2) is 6.61 Å². The van der Waals surface area contributed by atoms with Crippen molar-refractivity contribution in [2.24, 2.45) is 0 Å². The number of ether oxygens (including phenoxy) is 1. The van der Waals surface area contributed by atoms with Gasteiger partial charge >= 0.3 is 0 Å². The zero-order valence-corrected chi connectivity index (χ0v) is 16.0. The van der Waals surface area contributed by atoms with Crippen LogP contribution in [0.4, 0.5) is 0 Å². The van der Waals surface area contributed by atoms with E-state index in [1.165, 1.54) is 0 Å². The van der Waals surface area contributed by atoms with Crippen molar-refractivity contribution < 1.29 is 14.3 Å². The van der Waals surface area contributed by atoms with Gasteiger partial charge < -0.3 is 4.74 Å². The number of carbonyl (C=O) groups excluding carboxylic acids is 2. The average Bonchev–Trinajstić information content (AvgIpc) is 2.81. The third-order valence-electron chi connectivity index (χ3n) is 4.48. The number of hydrazine groups is 1. The number of benzene rings is 3. The number of para-hydroxylation sites is 2. The topological polar surface area (TPSA) is 80.3 Å². The van der Waals surface area contributed by atoms with Gasteiger partial charge in [0.2, 0.25) is 0 Å². The maximum absolute atomic E-state index is 12.3. The number of carbonyl (C=O) groups is 2. The van der Waals surface area contributed by atoms with Crippen molar-refractivity contribution in [2.75, 3.05) is 6.61 Å². The minimum absolute atomic E-state index is 0.212. The first-order valence-electron chi connectivity index (χ1n) is 9.43. The molecule has 148 valence electrons. The molecule has 1 aromatic heterocycles. The van der Waals surface area contributed by atoms with Crippen LogP contribution in [0.5, 0.6) is 5.75 Å². The van der Waals surface area contributed by atoms with Gasteiger partial charge in [-0.05, 0) is 23.8 Å². The molecule has 0 aliphatic rings. The fourth-order valence-corrected chi connectivity index (χ4v) is 3.01. The lowest BCUT2D eigenvalue weighted by Gasteiger charge is -2.12. The number of pyridine rings is 1. The minimum atomic E-state index is -0.501. The molecular weight excluding hydrogens is 378 g/mol. The molecule has 0 bridgehead atoms. The lowest BCUT2D eigenvalue weighted by molar-refractivity contribution is -0.123. The predicted octanol–water partition coefficient (Wildman–Crippen LogP) is 3.74. The van der Waals surface area contributed by atoms with E-state index in [1.807, 2.05) is 78.9 Å². The van der Waals surface area contributed by atoms with Crippen LogP contribution in [0.1, 0.15) is 10.5 Å². The van der Waals surface area contributed by atoms with Gasteiger partial charge in [-0.25, -0.2) is 4.98 Å². The van der Waals surface area contributed by atoms with E-state index in [2.05, 4.69) is 15.8 Å². The molecule has 0 fully saturated rings. The fraction of sp³-hybridized carbons (Fsp3) is 0.0417. The third kappa shape index (κ3) is 4.44. The Morgan fingerprint density at radius 2 is 1.50 bits per heavy atom. The Morgan fingerprint density at radius 1 is 0.767 bits per heavy atom. The van der Waals surface area contributed by atoms with Gasteiger partial charge in [0.05, 0.1) is 5.52 Å². The summed E-state index contributed by atoms with van der Waals surface area (Å²) in [4.78, 5) is 28.7. The van der Waals surface area contributed by atoms with Crippen LogP contribution < -0.4 is 15.6 Å². The molecule has 4 aromatic rings. The lowest BCUT2D eigenvalue weighted by Crippen LogP contribution is -2.44. The summed E-state index contributed by atoms with van der Waals surface area (Å²) in [5.41, 5.74) is 7.51. The van der Waals surface area contributed by atoms with Gasteiger partial charge in [0, 0.05) is 10.9 Å². The van der Waals surface area contributed by atoms with Crippen LogP contribution in [0.2, 0.25) is 0 Å². The Balaban J connectivity index is 1.35. The van der Waals surface area contributed by atoms with Crippen LogP contribution in [0, 0.1) is 0 Å².